The number of rotatable bonds is 4. The van der Waals surface area contributed by atoms with E-state index >= 15 is 0 Å². The number of ether oxygens (including phenoxy) is 1. The number of methoxy groups -OCH3 is 1. The molecule has 0 aromatic heterocycles. The van der Waals surface area contributed by atoms with Gasteiger partial charge in [-0.1, -0.05) is 35.9 Å². The van der Waals surface area contributed by atoms with E-state index in [2.05, 4.69) is 30.4 Å². The summed E-state index contributed by atoms with van der Waals surface area (Å²) < 4.78 is 5.24. The topological polar surface area (TPSA) is 21.3 Å². The number of benzene rings is 2. The van der Waals surface area contributed by atoms with E-state index in [1.807, 2.05) is 31.3 Å². The van der Waals surface area contributed by atoms with Crippen molar-refractivity contribution in [2.24, 2.45) is 0 Å². The first-order chi connectivity index (χ1) is 9.15. The smallest absolute Gasteiger partial charge is 0.119 e. The molecule has 0 aliphatic rings. The SMILES string of the molecule is CNC(C)c1ccc(-c2cccc(OC)c2)cc1Cl. The summed E-state index contributed by atoms with van der Waals surface area (Å²) in [6.07, 6.45) is 0. The minimum absolute atomic E-state index is 0.242. The van der Waals surface area contributed by atoms with Crippen LogP contribution in [-0.2, 0) is 0 Å². The van der Waals surface area contributed by atoms with E-state index in [0.29, 0.717) is 0 Å². The van der Waals surface area contributed by atoms with Gasteiger partial charge in [-0.05, 0) is 48.9 Å². The molecule has 1 atom stereocenters. The summed E-state index contributed by atoms with van der Waals surface area (Å²) in [7, 11) is 3.60. The molecule has 0 bridgehead atoms. The fourth-order valence-electron chi connectivity index (χ4n) is 2.02. The maximum absolute atomic E-state index is 6.36. The number of halogens is 1. The quantitative estimate of drug-likeness (QED) is 0.898. The van der Waals surface area contributed by atoms with Crippen LogP contribution in [0.4, 0.5) is 0 Å². The van der Waals surface area contributed by atoms with Gasteiger partial charge in [0.2, 0.25) is 0 Å². The van der Waals surface area contributed by atoms with Crippen molar-refractivity contribution in [3.63, 3.8) is 0 Å². The maximum atomic E-state index is 6.36. The fourth-order valence-corrected chi connectivity index (χ4v) is 2.36. The van der Waals surface area contributed by atoms with Gasteiger partial charge in [0.15, 0.2) is 0 Å². The zero-order chi connectivity index (χ0) is 13.8. The molecule has 1 N–H and O–H groups in total. The Labute approximate surface area is 119 Å². The number of hydrogen-bond donors (Lipinski definition) is 1. The highest BCUT2D eigenvalue weighted by molar-refractivity contribution is 6.31. The van der Waals surface area contributed by atoms with Crippen molar-refractivity contribution < 1.29 is 4.74 Å². The van der Waals surface area contributed by atoms with Crippen molar-refractivity contribution >= 4 is 11.6 Å². The zero-order valence-electron chi connectivity index (χ0n) is 11.4. The summed E-state index contributed by atoms with van der Waals surface area (Å²) in [5, 5.41) is 3.97. The molecule has 0 amide bonds. The van der Waals surface area contributed by atoms with E-state index < -0.39 is 0 Å². The highest BCUT2D eigenvalue weighted by Crippen LogP contribution is 2.30. The molecule has 0 saturated heterocycles. The first-order valence-corrected chi connectivity index (χ1v) is 6.64. The second-order valence-electron chi connectivity index (χ2n) is 4.48. The molecule has 19 heavy (non-hydrogen) atoms. The summed E-state index contributed by atoms with van der Waals surface area (Å²) in [6, 6.07) is 14.4. The first-order valence-electron chi connectivity index (χ1n) is 6.27. The van der Waals surface area contributed by atoms with E-state index in [1.54, 1.807) is 7.11 Å². The van der Waals surface area contributed by atoms with Gasteiger partial charge in [-0.2, -0.15) is 0 Å². The average Bonchev–Trinajstić information content (AvgIpc) is 2.46. The third kappa shape index (κ3) is 3.09. The van der Waals surface area contributed by atoms with E-state index in [1.165, 1.54) is 0 Å². The largest absolute Gasteiger partial charge is 0.497 e. The van der Waals surface area contributed by atoms with Crippen molar-refractivity contribution in [1.29, 1.82) is 0 Å². The van der Waals surface area contributed by atoms with E-state index in [4.69, 9.17) is 16.3 Å². The van der Waals surface area contributed by atoms with Gasteiger partial charge in [-0.15, -0.1) is 0 Å². The molecule has 0 radical (unpaired) electrons. The molecule has 2 aromatic rings. The van der Waals surface area contributed by atoms with E-state index in [0.717, 1.165) is 27.5 Å². The summed E-state index contributed by atoms with van der Waals surface area (Å²) in [4.78, 5) is 0. The molecule has 0 saturated carbocycles. The lowest BCUT2D eigenvalue weighted by atomic mass is 10.0. The van der Waals surface area contributed by atoms with Crippen LogP contribution in [0.2, 0.25) is 5.02 Å². The normalized spacial score (nSPS) is 12.2. The molecule has 100 valence electrons. The highest BCUT2D eigenvalue weighted by Gasteiger charge is 2.09. The van der Waals surface area contributed by atoms with Gasteiger partial charge in [-0.3, -0.25) is 0 Å². The molecule has 2 rings (SSSR count). The minimum atomic E-state index is 0.242. The van der Waals surface area contributed by atoms with E-state index in [9.17, 15) is 0 Å². The van der Waals surface area contributed by atoms with Crippen LogP contribution in [0.15, 0.2) is 42.5 Å². The Morgan fingerprint density at radius 3 is 2.47 bits per heavy atom. The van der Waals surface area contributed by atoms with Gasteiger partial charge in [0.05, 0.1) is 7.11 Å². The Morgan fingerprint density at radius 2 is 1.84 bits per heavy atom. The Hall–Kier alpha value is -1.51. The minimum Gasteiger partial charge on any atom is -0.497 e. The molecule has 0 spiro atoms. The van der Waals surface area contributed by atoms with E-state index in [-0.39, 0.29) is 6.04 Å². The zero-order valence-corrected chi connectivity index (χ0v) is 12.2. The Morgan fingerprint density at radius 1 is 1.11 bits per heavy atom. The standard InChI is InChI=1S/C16H18ClNO/c1-11(18-2)15-8-7-13(10-16(15)17)12-5-4-6-14(9-12)19-3/h4-11,18H,1-3H3. The lowest BCUT2D eigenvalue weighted by Crippen LogP contribution is -2.12. The summed E-state index contributed by atoms with van der Waals surface area (Å²) in [6.45, 7) is 2.09. The second kappa shape index (κ2) is 6.09. The predicted octanol–water partition coefficient (Wildman–Crippen LogP) is 4.30. The molecule has 1 unspecified atom stereocenters. The van der Waals surface area contributed by atoms with Crippen LogP contribution >= 0.6 is 11.6 Å². The second-order valence-corrected chi connectivity index (χ2v) is 4.89. The lowest BCUT2D eigenvalue weighted by molar-refractivity contribution is 0.415. The Bertz CT molecular complexity index is 568. The molecule has 0 fully saturated rings. The Kier molecular flexibility index (Phi) is 4.46. The predicted molar refractivity (Wildman–Crippen MR) is 80.9 cm³/mol. The molecule has 2 aromatic carbocycles. The van der Waals surface area contributed by atoms with Crippen molar-refractivity contribution in [2.45, 2.75) is 13.0 Å². The lowest BCUT2D eigenvalue weighted by Gasteiger charge is -2.14. The third-order valence-electron chi connectivity index (χ3n) is 3.30. The van der Waals surface area contributed by atoms with Crippen molar-refractivity contribution in [3.8, 4) is 16.9 Å². The van der Waals surface area contributed by atoms with Gasteiger partial charge >= 0.3 is 0 Å². The van der Waals surface area contributed by atoms with Crippen LogP contribution in [0.3, 0.4) is 0 Å². The van der Waals surface area contributed by atoms with Crippen molar-refractivity contribution in [2.75, 3.05) is 14.2 Å². The van der Waals surface area contributed by atoms with Gasteiger partial charge < -0.3 is 10.1 Å². The number of hydrogen-bond acceptors (Lipinski definition) is 2. The third-order valence-corrected chi connectivity index (χ3v) is 3.63. The van der Waals surface area contributed by atoms with Gasteiger partial charge in [0.1, 0.15) is 5.75 Å². The van der Waals surface area contributed by atoms with Crippen molar-refractivity contribution in [3.05, 3.63) is 53.1 Å². The van der Waals surface area contributed by atoms with Crippen LogP contribution in [0, 0.1) is 0 Å². The van der Waals surface area contributed by atoms with Gasteiger partial charge in [0.25, 0.3) is 0 Å². The van der Waals surface area contributed by atoms with Crippen LogP contribution in [0.25, 0.3) is 11.1 Å². The van der Waals surface area contributed by atoms with Crippen LogP contribution in [0.5, 0.6) is 5.75 Å². The highest BCUT2D eigenvalue weighted by atomic mass is 35.5. The fraction of sp³-hybridized carbons (Fsp3) is 0.250. The molecule has 3 heteroatoms. The average molecular weight is 276 g/mol. The maximum Gasteiger partial charge on any atom is 0.119 e. The first kappa shape index (κ1) is 13.9. The summed E-state index contributed by atoms with van der Waals surface area (Å²) in [5.41, 5.74) is 3.30. The summed E-state index contributed by atoms with van der Waals surface area (Å²) in [5.74, 6) is 0.848. The molecule has 2 nitrogen and oxygen atoms in total. The monoisotopic (exact) mass is 275 g/mol. The van der Waals surface area contributed by atoms with Crippen LogP contribution in [0.1, 0.15) is 18.5 Å². The van der Waals surface area contributed by atoms with Crippen LogP contribution in [-0.4, -0.2) is 14.2 Å². The molecule has 0 aliphatic carbocycles. The van der Waals surface area contributed by atoms with Crippen molar-refractivity contribution in [1.82, 2.24) is 5.32 Å². The van der Waals surface area contributed by atoms with Gasteiger partial charge in [-0.25, -0.2) is 0 Å². The summed E-state index contributed by atoms with van der Waals surface area (Å²) >= 11 is 6.36. The van der Waals surface area contributed by atoms with Crippen LogP contribution < -0.4 is 10.1 Å². The van der Waals surface area contributed by atoms with Gasteiger partial charge in [0, 0.05) is 11.1 Å². The molecular weight excluding hydrogens is 258 g/mol. The molecule has 0 aliphatic heterocycles. The number of nitrogens with one attached hydrogen (secondary N) is 1. The molecule has 0 heterocycles. The Balaban J connectivity index is 2.38. The molecular formula is C16H18ClNO.